The second-order valence-electron chi connectivity index (χ2n) is 6.00. The van der Waals surface area contributed by atoms with E-state index in [1.54, 1.807) is 26.4 Å². The summed E-state index contributed by atoms with van der Waals surface area (Å²) in [6.07, 6.45) is 1.47. The standard InChI is InChI=1S/C22H23NO5/c1-4-27-17-10-7-15(8-11-17)21(23-22(24)19-6-5-13-28-19)16-9-12-18(25-2)20(14-16)26-3/h5-14,21H,4H2,1-3H3,(H,23,24)/t21-/m0/s1. The molecule has 28 heavy (non-hydrogen) atoms. The summed E-state index contributed by atoms with van der Waals surface area (Å²) in [5.74, 6) is 1.92. The van der Waals surface area contributed by atoms with Gasteiger partial charge in [0, 0.05) is 0 Å². The van der Waals surface area contributed by atoms with E-state index in [-0.39, 0.29) is 11.7 Å². The minimum absolute atomic E-state index is 0.247. The van der Waals surface area contributed by atoms with Crippen LogP contribution in [0.4, 0.5) is 0 Å². The van der Waals surface area contributed by atoms with Gasteiger partial charge >= 0.3 is 0 Å². The van der Waals surface area contributed by atoms with E-state index in [1.807, 2.05) is 49.4 Å². The summed E-state index contributed by atoms with van der Waals surface area (Å²) in [4.78, 5) is 12.6. The van der Waals surface area contributed by atoms with Gasteiger partial charge < -0.3 is 23.9 Å². The summed E-state index contributed by atoms with van der Waals surface area (Å²) in [6.45, 7) is 2.53. The number of benzene rings is 2. The van der Waals surface area contributed by atoms with E-state index in [9.17, 15) is 4.79 Å². The number of ether oxygens (including phenoxy) is 3. The fourth-order valence-electron chi connectivity index (χ4n) is 2.92. The molecule has 0 saturated heterocycles. The molecule has 1 amide bonds. The second kappa shape index (κ2) is 8.99. The quantitative estimate of drug-likeness (QED) is 0.633. The first kappa shape index (κ1) is 19.4. The van der Waals surface area contributed by atoms with Crippen LogP contribution in [0.15, 0.2) is 65.3 Å². The van der Waals surface area contributed by atoms with Crippen LogP contribution in [0, 0.1) is 0 Å². The van der Waals surface area contributed by atoms with E-state index < -0.39 is 6.04 Å². The van der Waals surface area contributed by atoms with Crippen LogP contribution >= 0.6 is 0 Å². The Labute approximate surface area is 164 Å². The van der Waals surface area contributed by atoms with Crippen LogP contribution in [0.5, 0.6) is 17.2 Å². The van der Waals surface area contributed by atoms with Crippen LogP contribution in [0.2, 0.25) is 0 Å². The molecule has 0 aliphatic heterocycles. The number of rotatable bonds is 8. The number of carbonyl (C=O) groups excluding carboxylic acids is 1. The molecule has 6 heteroatoms. The van der Waals surface area contributed by atoms with Gasteiger partial charge in [0.25, 0.3) is 5.91 Å². The van der Waals surface area contributed by atoms with Crippen molar-refractivity contribution in [2.24, 2.45) is 0 Å². The lowest BCUT2D eigenvalue weighted by Crippen LogP contribution is -2.29. The van der Waals surface area contributed by atoms with Crippen molar-refractivity contribution in [3.05, 3.63) is 77.7 Å². The van der Waals surface area contributed by atoms with Crippen LogP contribution in [0.3, 0.4) is 0 Å². The molecule has 1 aromatic heterocycles. The number of furan rings is 1. The van der Waals surface area contributed by atoms with E-state index in [0.717, 1.165) is 16.9 Å². The first-order valence-corrected chi connectivity index (χ1v) is 8.95. The second-order valence-corrected chi connectivity index (χ2v) is 6.00. The lowest BCUT2D eigenvalue weighted by atomic mass is 9.97. The zero-order chi connectivity index (χ0) is 19.9. The molecule has 0 bridgehead atoms. The monoisotopic (exact) mass is 381 g/mol. The molecule has 2 aromatic carbocycles. The van der Waals surface area contributed by atoms with Crippen molar-refractivity contribution in [2.75, 3.05) is 20.8 Å². The van der Waals surface area contributed by atoms with Gasteiger partial charge in [-0.25, -0.2) is 0 Å². The van der Waals surface area contributed by atoms with E-state index in [4.69, 9.17) is 18.6 Å². The molecule has 0 radical (unpaired) electrons. The van der Waals surface area contributed by atoms with Crippen molar-refractivity contribution in [3.63, 3.8) is 0 Å². The number of nitrogens with one attached hydrogen (secondary N) is 1. The summed E-state index contributed by atoms with van der Waals surface area (Å²) in [6, 6.07) is 16.1. The zero-order valence-corrected chi connectivity index (χ0v) is 16.1. The highest BCUT2D eigenvalue weighted by molar-refractivity contribution is 5.92. The van der Waals surface area contributed by atoms with Crippen molar-refractivity contribution in [2.45, 2.75) is 13.0 Å². The maximum Gasteiger partial charge on any atom is 0.287 e. The van der Waals surface area contributed by atoms with Gasteiger partial charge in [-0.3, -0.25) is 4.79 Å². The molecule has 0 unspecified atom stereocenters. The predicted octanol–water partition coefficient (Wildman–Crippen LogP) is 4.21. The van der Waals surface area contributed by atoms with Crippen molar-refractivity contribution < 1.29 is 23.4 Å². The minimum Gasteiger partial charge on any atom is -0.494 e. The molecule has 0 fully saturated rings. The molecule has 6 nitrogen and oxygen atoms in total. The third kappa shape index (κ3) is 4.28. The van der Waals surface area contributed by atoms with Crippen LogP contribution in [0.1, 0.15) is 34.6 Å². The molecular weight excluding hydrogens is 358 g/mol. The highest BCUT2D eigenvalue weighted by Gasteiger charge is 2.21. The number of carbonyl (C=O) groups is 1. The van der Waals surface area contributed by atoms with Gasteiger partial charge in [-0.1, -0.05) is 18.2 Å². The maximum atomic E-state index is 12.6. The Bertz CT molecular complexity index is 903. The lowest BCUT2D eigenvalue weighted by Gasteiger charge is -2.21. The number of methoxy groups -OCH3 is 2. The Morgan fingerprint density at radius 3 is 2.32 bits per heavy atom. The minimum atomic E-state index is -0.409. The SMILES string of the molecule is CCOc1ccc([C@H](NC(=O)c2ccco2)c2ccc(OC)c(OC)c2)cc1. The summed E-state index contributed by atoms with van der Waals surface area (Å²) in [5, 5.41) is 3.02. The molecule has 0 saturated carbocycles. The normalized spacial score (nSPS) is 11.5. The third-order valence-electron chi connectivity index (χ3n) is 4.29. The Morgan fingerprint density at radius 2 is 1.71 bits per heavy atom. The van der Waals surface area contributed by atoms with Gasteiger partial charge in [0.05, 0.1) is 33.1 Å². The fourth-order valence-corrected chi connectivity index (χ4v) is 2.92. The van der Waals surface area contributed by atoms with Gasteiger partial charge in [0.2, 0.25) is 0 Å². The predicted molar refractivity (Wildman–Crippen MR) is 105 cm³/mol. The fraction of sp³-hybridized carbons (Fsp3) is 0.227. The van der Waals surface area contributed by atoms with Crippen molar-refractivity contribution >= 4 is 5.91 Å². The smallest absolute Gasteiger partial charge is 0.287 e. The largest absolute Gasteiger partial charge is 0.494 e. The summed E-state index contributed by atoms with van der Waals surface area (Å²) >= 11 is 0. The van der Waals surface area contributed by atoms with Crippen molar-refractivity contribution in [1.82, 2.24) is 5.32 Å². The Morgan fingerprint density at radius 1 is 1.00 bits per heavy atom. The average molecular weight is 381 g/mol. The molecule has 3 aromatic rings. The topological polar surface area (TPSA) is 69.9 Å². The van der Waals surface area contributed by atoms with Gasteiger partial charge in [0.15, 0.2) is 17.3 Å². The first-order valence-electron chi connectivity index (χ1n) is 8.95. The molecule has 0 spiro atoms. The third-order valence-corrected chi connectivity index (χ3v) is 4.29. The Balaban J connectivity index is 1.97. The molecule has 1 N–H and O–H groups in total. The molecular formula is C22H23NO5. The zero-order valence-electron chi connectivity index (χ0n) is 16.1. The number of amides is 1. The maximum absolute atomic E-state index is 12.6. The molecule has 1 atom stereocenters. The summed E-state index contributed by atoms with van der Waals surface area (Å²) < 4.78 is 21.5. The van der Waals surface area contributed by atoms with Crippen molar-refractivity contribution in [3.8, 4) is 17.2 Å². The van der Waals surface area contributed by atoms with Gasteiger partial charge in [0.1, 0.15) is 5.75 Å². The first-order chi connectivity index (χ1) is 13.7. The molecule has 3 rings (SSSR count). The highest BCUT2D eigenvalue weighted by Crippen LogP contribution is 2.33. The molecule has 146 valence electrons. The molecule has 1 heterocycles. The van der Waals surface area contributed by atoms with Crippen molar-refractivity contribution in [1.29, 1.82) is 0 Å². The van der Waals surface area contributed by atoms with Crippen LogP contribution in [-0.2, 0) is 0 Å². The lowest BCUT2D eigenvalue weighted by molar-refractivity contribution is 0.0915. The van der Waals surface area contributed by atoms with Gasteiger partial charge in [-0.15, -0.1) is 0 Å². The number of hydrogen-bond donors (Lipinski definition) is 1. The van der Waals surface area contributed by atoms with E-state index in [1.165, 1.54) is 6.26 Å². The Kier molecular flexibility index (Phi) is 6.22. The summed E-state index contributed by atoms with van der Waals surface area (Å²) in [5.41, 5.74) is 1.75. The van der Waals surface area contributed by atoms with E-state index in [0.29, 0.717) is 18.1 Å². The van der Waals surface area contributed by atoms with Gasteiger partial charge in [-0.2, -0.15) is 0 Å². The van der Waals surface area contributed by atoms with Crippen LogP contribution < -0.4 is 19.5 Å². The number of hydrogen-bond acceptors (Lipinski definition) is 5. The average Bonchev–Trinajstić information content (AvgIpc) is 3.27. The van der Waals surface area contributed by atoms with Crippen LogP contribution in [0.25, 0.3) is 0 Å². The van der Waals surface area contributed by atoms with Crippen LogP contribution in [-0.4, -0.2) is 26.7 Å². The Hall–Kier alpha value is -3.41. The summed E-state index contributed by atoms with van der Waals surface area (Å²) in [7, 11) is 3.16. The van der Waals surface area contributed by atoms with E-state index >= 15 is 0 Å². The van der Waals surface area contributed by atoms with Gasteiger partial charge in [-0.05, 0) is 54.4 Å². The highest BCUT2D eigenvalue weighted by atomic mass is 16.5. The molecule has 0 aliphatic carbocycles. The molecule has 0 aliphatic rings. The van der Waals surface area contributed by atoms with E-state index in [2.05, 4.69) is 5.32 Å².